The molecule has 0 atom stereocenters. The molecule has 1 heterocycles. The molecule has 0 fully saturated rings. The van der Waals surface area contributed by atoms with E-state index in [9.17, 15) is 13.2 Å². The van der Waals surface area contributed by atoms with Gasteiger partial charge in [-0.1, -0.05) is 68.3 Å². The molecule has 2 aromatic carbocycles. The maximum absolute atomic E-state index is 13.3. The van der Waals surface area contributed by atoms with Gasteiger partial charge in [0.2, 0.25) is 0 Å². The van der Waals surface area contributed by atoms with Crippen LogP contribution >= 0.6 is 11.6 Å². The number of ether oxygens (including phenoxy) is 1. The average molecular weight is 550 g/mol. The molecular weight excluding hydrogens is 511 g/mol. The quantitative estimate of drug-likeness (QED) is 0.193. The van der Waals surface area contributed by atoms with Crippen molar-refractivity contribution in [3.05, 3.63) is 70.9 Å². The number of halogens is 4. The molecule has 0 bridgehead atoms. The van der Waals surface area contributed by atoms with E-state index in [0.29, 0.717) is 10.6 Å². The summed E-state index contributed by atoms with van der Waals surface area (Å²) in [6.45, 7) is 2.62. The minimum atomic E-state index is -4.47. The molecule has 0 aliphatic heterocycles. The SMILES string of the molecule is CC(C)(OCc1cc(Cl)cc(-c2cc(CCCCCCCCCCN)nn2-c2ccccc2)c1)C(F)(F)F. The smallest absolute Gasteiger partial charge is 0.361 e. The summed E-state index contributed by atoms with van der Waals surface area (Å²) in [4.78, 5) is 0. The zero-order chi connectivity index (χ0) is 27.6. The van der Waals surface area contributed by atoms with Gasteiger partial charge in [-0.3, -0.25) is 0 Å². The molecule has 0 saturated carbocycles. The third-order valence-electron chi connectivity index (χ3n) is 6.68. The molecule has 0 aliphatic rings. The monoisotopic (exact) mass is 549 g/mol. The maximum Gasteiger partial charge on any atom is 0.416 e. The highest BCUT2D eigenvalue weighted by Crippen LogP contribution is 2.34. The van der Waals surface area contributed by atoms with E-state index in [0.717, 1.165) is 68.7 Å². The summed E-state index contributed by atoms with van der Waals surface area (Å²) in [6, 6.07) is 17.1. The second-order valence-corrected chi connectivity index (χ2v) is 10.7. The molecular formula is C30H39ClF3N3O. The van der Waals surface area contributed by atoms with Gasteiger partial charge in [-0.05, 0) is 81.6 Å². The Morgan fingerprint density at radius 1 is 0.868 bits per heavy atom. The number of hydrogen-bond donors (Lipinski definition) is 1. The minimum Gasteiger partial charge on any atom is -0.361 e. The third kappa shape index (κ3) is 8.85. The van der Waals surface area contributed by atoms with E-state index in [1.165, 1.54) is 32.1 Å². The topological polar surface area (TPSA) is 53.1 Å². The van der Waals surface area contributed by atoms with Crippen molar-refractivity contribution in [2.24, 2.45) is 5.73 Å². The first-order valence-electron chi connectivity index (χ1n) is 13.5. The number of rotatable bonds is 15. The van der Waals surface area contributed by atoms with Gasteiger partial charge in [-0.15, -0.1) is 0 Å². The predicted molar refractivity (Wildman–Crippen MR) is 149 cm³/mol. The van der Waals surface area contributed by atoms with E-state index in [-0.39, 0.29) is 6.61 Å². The number of benzene rings is 2. The predicted octanol–water partition coefficient (Wildman–Crippen LogP) is 8.67. The summed E-state index contributed by atoms with van der Waals surface area (Å²) in [6.07, 6.45) is 5.87. The van der Waals surface area contributed by atoms with Gasteiger partial charge in [0, 0.05) is 10.6 Å². The fraction of sp³-hybridized carbons (Fsp3) is 0.500. The van der Waals surface area contributed by atoms with Crippen LogP contribution in [0.5, 0.6) is 0 Å². The van der Waals surface area contributed by atoms with E-state index in [1.807, 2.05) is 47.1 Å². The Bertz CT molecular complexity index is 1130. The third-order valence-corrected chi connectivity index (χ3v) is 6.90. The Kier molecular flexibility index (Phi) is 11.2. The molecule has 208 valence electrons. The fourth-order valence-corrected chi connectivity index (χ4v) is 4.52. The van der Waals surface area contributed by atoms with Crippen molar-refractivity contribution in [2.45, 2.75) is 90.0 Å². The van der Waals surface area contributed by atoms with Crippen LogP contribution in [0.25, 0.3) is 16.9 Å². The van der Waals surface area contributed by atoms with Gasteiger partial charge < -0.3 is 10.5 Å². The maximum atomic E-state index is 13.3. The molecule has 1 aromatic heterocycles. The highest BCUT2D eigenvalue weighted by molar-refractivity contribution is 6.30. The zero-order valence-electron chi connectivity index (χ0n) is 22.4. The van der Waals surface area contributed by atoms with Crippen LogP contribution in [0.15, 0.2) is 54.6 Å². The Morgan fingerprint density at radius 2 is 1.50 bits per heavy atom. The van der Waals surface area contributed by atoms with Crippen molar-refractivity contribution < 1.29 is 17.9 Å². The number of aryl methyl sites for hydroxylation is 1. The molecule has 2 N–H and O–H groups in total. The van der Waals surface area contributed by atoms with Crippen molar-refractivity contribution in [2.75, 3.05) is 6.54 Å². The molecule has 0 unspecified atom stereocenters. The van der Waals surface area contributed by atoms with Crippen LogP contribution in [0, 0.1) is 0 Å². The standard InChI is InChI=1S/C30H39ClF3N3O/c1-29(2,30(32,33)34)38-22-23-18-24(20-25(31)19-23)28-21-26(36-37(28)27-15-11-9-12-16-27)14-10-7-5-3-4-6-8-13-17-35/h9,11-12,15-16,18-21H,3-8,10,13-14,17,22,35H2,1-2H3. The van der Waals surface area contributed by atoms with Crippen LogP contribution < -0.4 is 5.73 Å². The molecule has 3 rings (SSSR count). The molecule has 0 spiro atoms. The lowest BCUT2D eigenvalue weighted by molar-refractivity contribution is -0.267. The molecule has 8 heteroatoms. The average Bonchev–Trinajstić information content (AvgIpc) is 3.30. The van der Waals surface area contributed by atoms with Crippen molar-refractivity contribution in [1.29, 1.82) is 0 Å². The molecule has 0 saturated heterocycles. The van der Waals surface area contributed by atoms with Gasteiger partial charge in [0.25, 0.3) is 0 Å². The van der Waals surface area contributed by atoms with Gasteiger partial charge in [-0.25, -0.2) is 4.68 Å². The second kappa shape index (κ2) is 14.2. The second-order valence-electron chi connectivity index (χ2n) is 10.3. The molecule has 4 nitrogen and oxygen atoms in total. The van der Waals surface area contributed by atoms with Gasteiger partial charge in [0.15, 0.2) is 5.60 Å². The first-order valence-corrected chi connectivity index (χ1v) is 13.8. The van der Waals surface area contributed by atoms with Crippen LogP contribution in [0.1, 0.15) is 76.5 Å². The zero-order valence-corrected chi connectivity index (χ0v) is 23.1. The molecule has 3 aromatic rings. The van der Waals surface area contributed by atoms with Crippen LogP contribution in [-0.4, -0.2) is 28.1 Å². The number of hydrogen-bond acceptors (Lipinski definition) is 3. The van der Waals surface area contributed by atoms with E-state index < -0.39 is 11.8 Å². The molecule has 0 radical (unpaired) electrons. The highest BCUT2D eigenvalue weighted by Gasteiger charge is 2.48. The van der Waals surface area contributed by atoms with Crippen LogP contribution in [-0.2, 0) is 17.8 Å². The van der Waals surface area contributed by atoms with E-state index >= 15 is 0 Å². The normalized spacial score (nSPS) is 12.3. The van der Waals surface area contributed by atoms with Crippen molar-refractivity contribution >= 4 is 11.6 Å². The van der Waals surface area contributed by atoms with Gasteiger partial charge in [-0.2, -0.15) is 18.3 Å². The number of nitrogens with two attached hydrogens (primary N) is 1. The van der Waals surface area contributed by atoms with E-state index in [2.05, 4.69) is 6.07 Å². The Morgan fingerprint density at radius 3 is 2.13 bits per heavy atom. The number of aromatic nitrogens is 2. The van der Waals surface area contributed by atoms with E-state index in [1.54, 1.807) is 6.07 Å². The number of para-hydroxylation sites is 1. The first kappa shape index (κ1) is 30.2. The van der Waals surface area contributed by atoms with Crippen LogP contribution in [0.2, 0.25) is 5.02 Å². The summed E-state index contributed by atoms with van der Waals surface area (Å²) in [5.74, 6) is 0. The highest BCUT2D eigenvalue weighted by atomic mass is 35.5. The Hall–Kier alpha value is -2.35. The lowest BCUT2D eigenvalue weighted by atomic mass is 10.0. The summed E-state index contributed by atoms with van der Waals surface area (Å²) >= 11 is 6.40. The molecule has 0 amide bonds. The molecule has 0 aliphatic carbocycles. The van der Waals surface area contributed by atoms with Gasteiger partial charge in [0.1, 0.15) is 0 Å². The molecule has 38 heavy (non-hydrogen) atoms. The Balaban J connectivity index is 1.74. The Labute approximate surface area is 229 Å². The summed E-state index contributed by atoms with van der Waals surface area (Å²) < 4.78 is 46.9. The minimum absolute atomic E-state index is 0.210. The summed E-state index contributed by atoms with van der Waals surface area (Å²) in [5, 5.41) is 5.31. The van der Waals surface area contributed by atoms with Crippen molar-refractivity contribution in [3.63, 3.8) is 0 Å². The number of alkyl halides is 3. The van der Waals surface area contributed by atoms with Crippen LogP contribution in [0.3, 0.4) is 0 Å². The van der Waals surface area contributed by atoms with Gasteiger partial charge in [0.05, 0.1) is 23.7 Å². The van der Waals surface area contributed by atoms with Crippen molar-refractivity contribution in [3.8, 4) is 16.9 Å². The fourth-order valence-electron chi connectivity index (χ4n) is 4.26. The number of nitrogens with zero attached hydrogens (tertiary/aromatic N) is 2. The lowest BCUT2D eigenvalue weighted by Gasteiger charge is -2.28. The van der Waals surface area contributed by atoms with E-state index in [4.69, 9.17) is 27.2 Å². The first-order chi connectivity index (χ1) is 18.1. The summed E-state index contributed by atoms with van der Waals surface area (Å²) in [7, 11) is 0. The van der Waals surface area contributed by atoms with Crippen molar-refractivity contribution in [1.82, 2.24) is 9.78 Å². The lowest BCUT2D eigenvalue weighted by Crippen LogP contribution is -2.41. The summed E-state index contributed by atoms with van der Waals surface area (Å²) in [5.41, 5.74) is 7.35. The largest absolute Gasteiger partial charge is 0.416 e. The van der Waals surface area contributed by atoms with Gasteiger partial charge >= 0.3 is 6.18 Å². The van der Waals surface area contributed by atoms with Crippen LogP contribution in [0.4, 0.5) is 13.2 Å². The number of unbranched alkanes of at least 4 members (excludes halogenated alkanes) is 7.